The molecular formula is C12H28O2. The molecule has 0 fully saturated rings. The molecule has 0 spiro atoms. The van der Waals surface area contributed by atoms with Crippen LogP contribution in [-0.4, -0.2) is 23.4 Å². The zero-order chi connectivity index (χ0) is 11.1. The maximum Gasteiger partial charge on any atom is 0.0431 e. The second-order valence-electron chi connectivity index (χ2n) is 3.51. The first-order chi connectivity index (χ1) is 6.83. The van der Waals surface area contributed by atoms with Gasteiger partial charge in [0.15, 0.2) is 0 Å². The molecule has 0 amide bonds. The van der Waals surface area contributed by atoms with E-state index < -0.39 is 0 Å². The highest BCUT2D eigenvalue weighted by molar-refractivity contribution is 4.44. The van der Waals surface area contributed by atoms with E-state index in [-0.39, 0.29) is 6.61 Å². The molecule has 0 radical (unpaired) electrons. The fourth-order valence-electron chi connectivity index (χ4n) is 1.25. The fourth-order valence-corrected chi connectivity index (χ4v) is 1.25. The standard InChI is InChI=1S/C10H22O.C2H6O/c1-2-3-4-5-6-7-8-9-10-11;1-2-3/h11H,2-10H2,1H3;3H,2H2,1H3. The highest BCUT2D eigenvalue weighted by Crippen LogP contribution is 2.07. The molecule has 2 heteroatoms. The maximum absolute atomic E-state index is 8.51. The Hall–Kier alpha value is -0.0800. The molecule has 2 nitrogen and oxygen atoms in total. The highest BCUT2D eigenvalue weighted by atomic mass is 16.3. The smallest absolute Gasteiger partial charge is 0.0431 e. The van der Waals surface area contributed by atoms with Crippen molar-refractivity contribution in [2.45, 2.75) is 65.2 Å². The Balaban J connectivity index is 0. The van der Waals surface area contributed by atoms with Crippen LogP contribution in [0.1, 0.15) is 65.2 Å². The number of aliphatic hydroxyl groups excluding tert-OH is 2. The molecule has 0 aliphatic rings. The summed E-state index contributed by atoms with van der Waals surface area (Å²) in [5.41, 5.74) is 0. The molecule has 0 aliphatic carbocycles. The van der Waals surface area contributed by atoms with E-state index in [0.717, 1.165) is 6.42 Å². The highest BCUT2D eigenvalue weighted by Gasteiger charge is 1.89. The van der Waals surface area contributed by atoms with Gasteiger partial charge in [0.2, 0.25) is 0 Å². The number of unbranched alkanes of at least 4 members (excludes halogenated alkanes) is 7. The lowest BCUT2D eigenvalue weighted by Gasteiger charge is -1.98. The van der Waals surface area contributed by atoms with Gasteiger partial charge in [0, 0.05) is 13.2 Å². The van der Waals surface area contributed by atoms with E-state index in [9.17, 15) is 0 Å². The monoisotopic (exact) mass is 204 g/mol. The van der Waals surface area contributed by atoms with Gasteiger partial charge in [0.25, 0.3) is 0 Å². The average Bonchev–Trinajstić information content (AvgIpc) is 2.18. The lowest BCUT2D eigenvalue weighted by molar-refractivity contribution is 0.282. The van der Waals surface area contributed by atoms with E-state index >= 15 is 0 Å². The minimum Gasteiger partial charge on any atom is -0.397 e. The van der Waals surface area contributed by atoms with Gasteiger partial charge in [-0.05, 0) is 13.3 Å². The van der Waals surface area contributed by atoms with Crippen molar-refractivity contribution in [3.05, 3.63) is 0 Å². The van der Waals surface area contributed by atoms with E-state index in [1.807, 2.05) is 0 Å². The Kier molecular flexibility index (Phi) is 21.8. The van der Waals surface area contributed by atoms with Crippen molar-refractivity contribution in [2.75, 3.05) is 13.2 Å². The van der Waals surface area contributed by atoms with Crippen molar-refractivity contribution in [3.8, 4) is 0 Å². The maximum atomic E-state index is 8.51. The van der Waals surface area contributed by atoms with Crippen molar-refractivity contribution in [3.63, 3.8) is 0 Å². The van der Waals surface area contributed by atoms with E-state index in [1.54, 1.807) is 6.92 Å². The fraction of sp³-hybridized carbons (Fsp3) is 1.00. The van der Waals surface area contributed by atoms with E-state index in [2.05, 4.69) is 6.92 Å². The van der Waals surface area contributed by atoms with Gasteiger partial charge in [-0.15, -0.1) is 0 Å². The van der Waals surface area contributed by atoms with Gasteiger partial charge in [-0.2, -0.15) is 0 Å². The van der Waals surface area contributed by atoms with Crippen LogP contribution in [0.25, 0.3) is 0 Å². The van der Waals surface area contributed by atoms with Crippen LogP contribution in [0.4, 0.5) is 0 Å². The molecule has 0 aliphatic heterocycles. The van der Waals surface area contributed by atoms with E-state index in [4.69, 9.17) is 10.2 Å². The number of hydrogen-bond donors (Lipinski definition) is 2. The van der Waals surface area contributed by atoms with Crippen LogP contribution in [0.2, 0.25) is 0 Å². The first-order valence-electron chi connectivity index (χ1n) is 6.05. The van der Waals surface area contributed by atoms with Crippen molar-refractivity contribution >= 4 is 0 Å². The van der Waals surface area contributed by atoms with Gasteiger partial charge < -0.3 is 10.2 Å². The summed E-state index contributed by atoms with van der Waals surface area (Å²) in [4.78, 5) is 0. The molecule has 0 saturated heterocycles. The summed E-state index contributed by atoms with van der Waals surface area (Å²) in [6.07, 6.45) is 10.4. The SMILES string of the molecule is CCCCCCCCCCO.CCO. The first-order valence-corrected chi connectivity index (χ1v) is 6.05. The quantitative estimate of drug-likeness (QED) is 0.596. The summed E-state index contributed by atoms with van der Waals surface area (Å²) in [6, 6.07) is 0. The molecule has 0 bridgehead atoms. The van der Waals surface area contributed by atoms with Crippen LogP contribution in [-0.2, 0) is 0 Å². The van der Waals surface area contributed by atoms with Crippen molar-refractivity contribution in [1.29, 1.82) is 0 Å². The largest absolute Gasteiger partial charge is 0.397 e. The molecule has 0 unspecified atom stereocenters. The van der Waals surface area contributed by atoms with Gasteiger partial charge in [-0.25, -0.2) is 0 Å². The number of hydrogen-bond acceptors (Lipinski definition) is 2. The van der Waals surface area contributed by atoms with Crippen LogP contribution >= 0.6 is 0 Å². The number of aliphatic hydroxyl groups is 2. The second-order valence-corrected chi connectivity index (χ2v) is 3.51. The van der Waals surface area contributed by atoms with E-state index in [0.29, 0.717) is 6.61 Å². The Labute approximate surface area is 89.3 Å². The van der Waals surface area contributed by atoms with Gasteiger partial charge in [0.05, 0.1) is 0 Å². The molecule has 0 atom stereocenters. The molecule has 0 heterocycles. The van der Waals surface area contributed by atoms with Crippen LogP contribution in [0, 0.1) is 0 Å². The summed E-state index contributed by atoms with van der Waals surface area (Å²) in [7, 11) is 0. The minimum atomic E-state index is 0.250. The van der Waals surface area contributed by atoms with Gasteiger partial charge in [-0.1, -0.05) is 51.9 Å². The van der Waals surface area contributed by atoms with Gasteiger partial charge in [-0.3, -0.25) is 0 Å². The molecule has 0 saturated carbocycles. The van der Waals surface area contributed by atoms with Crippen LogP contribution < -0.4 is 0 Å². The molecule has 0 aromatic rings. The zero-order valence-corrected chi connectivity index (χ0v) is 9.97. The van der Waals surface area contributed by atoms with Crippen molar-refractivity contribution in [1.82, 2.24) is 0 Å². The summed E-state index contributed by atoms with van der Waals surface area (Å²) in [5, 5.41) is 16.1. The van der Waals surface area contributed by atoms with Gasteiger partial charge >= 0.3 is 0 Å². The summed E-state index contributed by atoms with van der Waals surface area (Å²) in [6.45, 7) is 4.54. The number of rotatable bonds is 8. The Morgan fingerprint density at radius 1 is 0.643 bits per heavy atom. The lowest BCUT2D eigenvalue weighted by Crippen LogP contribution is -1.83. The molecule has 88 valence electrons. The Morgan fingerprint density at radius 2 is 1.00 bits per heavy atom. The predicted octanol–water partition coefficient (Wildman–Crippen LogP) is 3.12. The van der Waals surface area contributed by atoms with Gasteiger partial charge in [0.1, 0.15) is 0 Å². The van der Waals surface area contributed by atoms with E-state index in [1.165, 1.54) is 44.9 Å². The molecular weight excluding hydrogens is 176 g/mol. The van der Waals surface area contributed by atoms with Crippen molar-refractivity contribution < 1.29 is 10.2 Å². The molecule has 0 aromatic carbocycles. The second kappa shape index (κ2) is 18.7. The molecule has 14 heavy (non-hydrogen) atoms. The van der Waals surface area contributed by atoms with Crippen molar-refractivity contribution in [2.24, 2.45) is 0 Å². The topological polar surface area (TPSA) is 40.5 Å². The third kappa shape index (κ3) is 22.7. The summed E-state index contributed by atoms with van der Waals surface area (Å²) in [5.74, 6) is 0. The third-order valence-electron chi connectivity index (χ3n) is 2.01. The molecule has 2 N–H and O–H groups in total. The van der Waals surface area contributed by atoms with Crippen LogP contribution in [0.3, 0.4) is 0 Å². The summed E-state index contributed by atoms with van der Waals surface area (Å²) < 4.78 is 0. The van der Waals surface area contributed by atoms with Crippen LogP contribution in [0.15, 0.2) is 0 Å². The third-order valence-corrected chi connectivity index (χ3v) is 2.01. The zero-order valence-electron chi connectivity index (χ0n) is 9.97. The Morgan fingerprint density at radius 3 is 1.36 bits per heavy atom. The van der Waals surface area contributed by atoms with Crippen LogP contribution in [0.5, 0.6) is 0 Å². The minimum absolute atomic E-state index is 0.250. The Bertz CT molecular complexity index is 66.7. The predicted molar refractivity (Wildman–Crippen MR) is 62.5 cm³/mol. The molecule has 0 aromatic heterocycles. The molecule has 0 rings (SSSR count). The summed E-state index contributed by atoms with van der Waals surface area (Å²) >= 11 is 0. The first kappa shape index (κ1) is 16.4. The normalized spacial score (nSPS) is 9.43. The average molecular weight is 204 g/mol. The lowest BCUT2D eigenvalue weighted by atomic mass is 10.1.